The maximum absolute atomic E-state index is 12.1. The highest BCUT2D eigenvalue weighted by atomic mass is 32.2. The summed E-state index contributed by atoms with van der Waals surface area (Å²) in [4.78, 5) is 47.8. The second-order valence-electron chi connectivity index (χ2n) is 6.03. The van der Waals surface area contributed by atoms with E-state index in [0.29, 0.717) is 19.3 Å². The zero-order chi connectivity index (χ0) is 15.3. The molecule has 2 N–H and O–H groups in total. The standard InChI is InChI=1S/C13H17N3O4S/c1-14-9(18)12-5-13(6-12,7-12)10(19)15-2-3-16-8(17)4-21-11(16)20/h2-7H2,1H3,(H,14,18)(H,15,19). The lowest BCUT2D eigenvalue weighted by Gasteiger charge is -2.67. The maximum atomic E-state index is 12.1. The molecule has 0 radical (unpaired) electrons. The molecule has 8 heteroatoms. The van der Waals surface area contributed by atoms with E-state index < -0.39 is 5.41 Å². The van der Waals surface area contributed by atoms with E-state index in [-0.39, 0.29) is 47.2 Å². The molecule has 4 rings (SSSR count). The second-order valence-corrected chi connectivity index (χ2v) is 6.95. The molecule has 7 nitrogen and oxygen atoms in total. The van der Waals surface area contributed by atoms with Gasteiger partial charge in [-0.25, -0.2) is 0 Å². The van der Waals surface area contributed by atoms with Crippen LogP contribution in [-0.2, 0) is 14.4 Å². The predicted molar refractivity (Wildman–Crippen MR) is 75.4 cm³/mol. The Morgan fingerprint density at radius 2 is 1.81 bits per heavy atom. The molecular formula is C13H17N3O4S. The SMILES string of the molecule is CNC(=O)C12CC(C(=O)NCCN3C(=O)CSC3=O)(C1)C2. The first-order valence-corrected chi connectivity index (χ1v) is 7.89. The summed E-state index contributed by atoms with van der Waals surface area (Å²) in [6.07, 6.45) is 1.80. The number of nitrogens with one attached hydrogen (secondary N) is 2. The number of carbonyl (C=O) groups excluding carboxylic acids is 4. The Hall–Kier alpha value is -1.57. The minimum atomic E-state index is -0.402. The molecule has 0 atom stereocenters. The molecule has 2 bridgehead atoms. The number of amides is 4. The van der Waals surface area contributed by atoms with E-state index in [1.165, 1.54) is 4.90 Å². The lowest BCUT2D eigenvalue weighted by Crippen LogP contribution is -2.72. The molecule has 4 aliphatic rings. The van der Waals surface area contributed by atoms with Gasteiger partial charge in [0.2, 0.25) is 17.7 Å². The monoisotopic (exact) mass is 311 g/mol. The minimum absolute atomic E-state index is 0.0162. The maximum Gasteiger partial charge on any atom is 0.288 e. The third-order valence-corrected chi connectivity index (χ3v) is 5.54. The first kappa shape index (κ1) is 14.4. The van der Waals surface area contributed by atoms with Crippen LogP contribution in [0.25, 0.3) is 0 Å². The fraction of sp³-hybridized carbons (Fsp3) is 0.692. The first-order valence-electron chi connectivity index (χ1n) is 6.90. The molecule has 114 valence electrons. The molecule has 0 aromatic heterocycles. The molecule has 1 aliphatic heterocycles. The summed E-state index contributed by atoms with van der Waals surface area (Å²) in [5.74, 6) is -0.0726. The van der Waals surface area contributed by atoms with Crippen LogP contribution >= 0.6 is 11.8 Å². The van der Waals surface area contributed by atoms with Crippen molar-refractivity contribution in [2.75, 3.05) is 25.9 Å². The Bertz CT molecular complexity index is 512. The Balaban J connectivity index is 1.44. The highest BCUT2D eigenvalue weighted by Gasteiger charge is 2.74. The Morgan fingerprint density at radius 3 is 2.33 bits per heavy atom. The van der Waals surface area contributed by atoms with E-state index >= 15 is 0 Å². The third kappa shape index (κ3) is 2.04. The molecule has 0 aromatic rings. The Morgan fingerprint density at radius 1 is 1.19 bits per heavy atom. The molecule has 4 amide bonds. The average Bonchev–Trinajstić information content (AvgIpc) is 2.66. The second kappa shape index (κ2) is 4.72. The van der Waals surface area contributed by atoms with Crippen LogP contribution in [0.2, 0.25) is 0 Å². The van der Waals surface area contributed by atoms with E-state index in [0.717, 1.165) is 11.8 Å². The van der Waals surface area contributed by atoms with E-state index in [9.17, 15) is 19.2 Å². The lowest BCUT2D eigenvalue weighted by molar-refractivity contribution is -0.208. The summed E-state index contributed by atoms with van der Waals surface area (Å²) in [6.45, 7) is 0.485. The number of hydrogen-bond acceptors (Lipinski definition) is 5. The number of nitrogens with zero attached hydrogens (tertiary/aromatic N) is 1. The molecule has 21 heavy (non-hydrogen) atoms. The van der Waals surface area contributed by atoms with Gasteiger partial charge < -0.3 is 10.6 Å². The molecule has 0 unspecified atom stereocenters. The minimum Gasteiger partial charge on any atom is -0.359 e. The van der Waals surface area contributed by atoms with Gasteiger partial charge in [-0.05, 0) is 19.3 Å². The van der Waals surface area contributed by atoms with Gasteiger partial charge in [0.15, 0.2) is 0 Å². The molecule has 3 aliphatic carbocycles. The smallest absolute Gasteiger partial charge is 0.288 e. The number of hydrogen-bond donors (Lipinski definition) is 2. The summed E-state index contributed by atoms with van der Waals surface area (Å²) >= 11 is 0.987. The van der Waals surface area contributed by atoms with Crippen LogP contribution < -0.4 is 10.6 Å². The third-order valence-electron chi connectivity index (χ3n) is 4.68. The van der Waals surface area contributed by atoms with Crippen molar-refractivity contribution in [3.63, 3.8) is 0 Å². The van der Waals surface area contributed by atoms with Crippen molar-refractivity contribution in [3.8, 4) is 0 Å². The zero-order valence-electron chi connectivity index (χ0n) is 11.7. The van der Waals surface area contributed by atoms with Gasteiger partial charge in [0, 0.05) is 20.1 Å². The quantitative estimate of drug-likeness (QED) is 0.728. The summed E-state index contributed by atoms with van der Waals surface area (Å²) in [7, 11) is 1.61. The average molecular weight is 311 g/mol. The van der Waals surface area contributed by atoms with Gasteiger partial charge >= 0.3 is 0 Å². The van der Waals surface area contributed by atoms with Gasteiger partial charge in [-0.2, -0.15) is 0 Å². The molecule has 1 heterocycles. The van der Waals surface area contributed by atoms with Crippen molar-refractivity contribution < 1.29 is 19.2 Å². The first-order chi connectivity index (χ1) is 9.92. The van der Waals surface area contributed by atoms with Crippen LogP contribution in [0.5, 0.6) is 0 Å². The largest absolute Gasteiger partial charge is 0.359 e. The van der Waals surface area contributed by atoms with Crippen molar-refractivity contribution in [2.24, 2.45) is 10.8 Å². The normalized spacial score (nSPS) is 33.3. The van der Waals surface area contributed by atoms with Gasteiger partial charge in [0.05, 0.1) is 16.6 Å². The molecule has 4 fully saturated rings. The van der Waals surface area contributed by atoms with E-state index in [1.807, 2.05) is 0 Å². The summed E-state index contributed by atoms with van der Waals surface area (Å²) in [5.41, 5.74) is -0.732. The number of rotatable bonds is 5. The summed E-state index contributed by atoms with van der Waals surface area (Å²) in [5, 5.41) is 5.16. The Labute approximate surface area is 126 Å². The molecule has 0 aromatic carbocycles. The predicted octanol–water partition coefficient (Wildman–Crippen LogP) is -0.286. The van der Waals surface area contributed by atoms with Crippen LogP contribution in [0.1, 0.15) is 19.3 Å². The van der Waals surface area contributed by atoms with Crippen LogP contribution in [0.4, 0.5) is 4.79 Å². The number of carbonyl (C=O) groups is 4. The van der Waals surface area contributed by atoms with Gasteiger partial charge in [0.1, 0.15) is 0 Å². The summed E-state index contributed by atoms with van der Waals surface area (Å²) in [6, 6.07) is 0. The van der Waals surface area contributed by atoms with Crippen LogP contribution in [0.3, 0.4) is 0 Å². The van der Waals surface area contributed by atoms with Crippen molar-refractivity contribution in [1.29, 1.82) is 0 Å². The highest BCUT2D eigenvalue weighted by molar-refractivity contribution is 8.14. The van der Waals surface area contributed by atoms with E-state index in [4.69, 9.17) is 0 Å². The zero-order valence-corrected chi connectivity index (χ0v) is 12.5. The van der Waals surface area contributed by atoms with Crippen molar-refractivity contribution in [2.45, 2.75) is 19.3 Å². The molecule has 3 saturated carbocycles. The van der Waals surface area contributed by atoms with Crippen LogP contribution in [0.15, 0.2) is 0 Å². The van der Waals surface area contributed by atoms with Gasteiger partial charge in [-0.15, -0.1) is 0 Å². The van der Waals surface area contributed by atoms with Crippen LogP contribution in [0, 0.1) is 10.8 Å². The topological polar surface area (TPSA) is 95.6 Å². The highest BCUT2D eigenvalue weighted by Crippen LogP contribution is 2.73. The van der Waals surface area contributed by atoms with Gasteiger partial charge in [-0.3, -0.25) is 24.1 Å². The molecule has 0 spiro atoms. The van der Waals surface area contributed by atoms with E-state index in [2.05, 4.69) is 10.6 Å². The van der Waals surface area contributed by atoms with Gasteiger partial charge in [-0.1, -0.05) is 11.8 Å². The van der Waals surface area contributed by atoms with Crippen molar-refractivity contribution in [1.82, 2.24) is 15.5 Å². The number of imide groups is 1. The van der Waals surface area contributed by atoms with Gasteiger partial charge in [0.25, 0.3) is 5.24 Å². The van der Waals surface area contributed by atoms with Crippen molar-refractivity contribution in [3.05, 3.63) is 0 Å². The number of thioether (sulfide) groups is 1. The molecular weight excluding hydrogens is 294 g/mol. The van der Waals surface area contributed by atoms with Crippen LogP contribution in [-0.4, -0.2) is 53.8 Å². The fourth-order valence-electron chi connectivity index (χ4n) is 3.60. The van der Waals surface area contributed by atoms with Crippen molar-refractivity contribution >= 4 is 34.7 Å². The lowest BCUT2D eigenvalue weighted by atomic mass is 9.34. The van der Waals surface area contributed by atoms with E-state index in [1.54, 1.807) is 7.05 Å². The fourth-order valence-corrected chi connectivity index (χ4v) is 4.35. The summed E-state index contributed by atoms with van der Waals surface area (Å²) < 4.78 is 0. The Kier molecular flexibility index (Phi) is 3.23. The molecule has 1 saturated heterocycles.